The Morgan fingerprint density at radius 1 is 1.42 bits per heavy atom. The Morgan fingerprint density at radius 3 is 3.08 bits per heavy atom. The molecule has 2 rings (SSSR count). The maximum atomic E-state index is 2.50. The van der Waals surface area contributed by atoms with Crippen molar-refractivity contribution in [1.29, 1.82) is 0 Å². The van der Waals surface area contributed by atoms with Gasteiger partial charge in [0.25, 0.3) is 0 Å². The zero-order valence-electron chi connectivity index (χ0n) is 8.40. The molecule has 0 saturated heterocycles. The highest BCUT2D eigenvalue weighted by molar-refractivity contribution is 5.10. The highest BCUT2D eigenvalue weighted by atomic mass is 14.4. The van der Waals surface area contributed by atoms with Crippen molar-refractivity contribution in [3.8, 4) is 0 Å². The van der Waals surface area contributed by atoms with E-state index in [0.29, 0.717) is 5.41 Å². The summed E-state index contributed by atoms with van der Waals surface area (Å²) < 4.78 is 0. The standard InChI is InChI=1S/C12H20/c1-10-6-8-12(2)7-4-3-5-11(12)9-10/h6,11H,3-5,7-9H2,1-2H3/t11-,12+/m0/s1. The van der Waals surface area contributed by atoms with Gasteiger partial charge in [0.2, 0.25) is 0 Å². The fourth-order valence-corrected chi connectivity index (χ4v) is 2.97. The van der Waals surface area contributed by atoms with E-state index in [0.717, 1.165) is 5.92 Å². The van der Waals surface area contributed by atoms with Crippen LogP contribution in [0.3, 0.4) is 0 Å². The van der Waals surface area contributed by atoms with E-state index in [1.54, 1.807) is 5.57 Å². The lowest BCUT2D eigenvalue weighted by atomic mass is 9.61. The number of allylic oxidation sites excluding steroid dienone is 2. The molecule has 1 saturated carbocycles. The van der Waals surface area contributed by atoms with Crippen LogP contribution in [0.4, 0.5) is 0 Å². The highest BCUT2D eigenvalue weighted by Crippen LogP contribution is 2.49. The first kappa shape index (κ1) is 8.34. The van der Waals surface area contributed by atoms with Crippen LogP contribution in [-0.2, 0) is 0 Å². The molecule has 0 radical (unpaired) electrons. The normalized spacial score (nSPS) is 41.8. The monoisotopic (exact) mass is 164 g/mol. The Morgan fingerprint density at radius 2 is 2.25 bits per heavy atom. The largest absolute Gasteiger partial charge is 0.0850 e. The predicted molar refractivity (Wildman–Crippen MR) is 53.1 cm³/mol. The van der Waals surface area contributed by atoms with Crippen molar-refractivity contribution in [3.05, 3.63) is 11.6 Å². The van der Waals surface area contributed by atoms with Gasteiger partial charge in [-0.2, -0.15) is 0 Å². The average molecular weight is 164 g/mol. The van der Waals surface area contributed by atoms with Gasteiger partial charge in [0.1, 0.15) is 0 Å². The Labute approximate surface area is 76.1 Å². The van der Waals surface area contributed by atoms with Crippen LogP contribution in [0.2, 0.25) is 0 Å². The molecule has 0 unspecified atom stereocenters. The van der Waals surface area contributed by atoms with Crippen molar-refractivity contribution in [1.82, 2.24) is 0 Å². The smallest absolute Gasteiger partial charge is 0.0260 e. The Balaban J connectivity index is 2.16. The number of fused-ring (bicyclic) bond motifs is 1. The van der Waals surface area contributed by atoms with Gasteiger partial charge in [0, 0.05) is 0 Å². The third kappa shape index (κ3) is 1.32. The minimum atomic E-state index is 0.678. The Bertz CT molecular complexity index is 202. The maximum Gasteiger partial charge on any atom is -0.0260 e. The molecule has 0 aliphatic heterocycles. The van der Waals surface area contributed by atoms with Gasteiger partial charge in [-0.3, -0.25) is 0 Å². The summed E-state index contributed by atoms with van der Waals surface area (Å²) >= 11 is 0. The van der Waals surface area contributed by atoms with Crippen molar-refractivity contribution in [2.75, 3.05) is 0 Å². The fourth-order valence-electron chi connectivity index (χ4n) is 2.97. The van der Waals surface area contributed by atoms with Crippen LogP contribution >= 0.6 is 0 Å². The first-order chi connectivity index (χ1) is 5.71. The summed E-state index contributed by atoms with van der Waals surface area (Å²) in [5.41, 5.74) is 2.32. The van der Waals surface area contributed by atoms with E-state index >= 15 is 0 Å². The van der Waals surface area contributed by atoms with E-state index in [-0.39, 0.29) is 0 Å². The van der Waals surface area contributed by atoms with Crippen LogP contribution in [0.25, 0.3) is 0 Å². The van der Waals surface area contributed by atoms with Crippen molar-refractivity contribution >= 4 is 0 Å². The molecule has 12 heavy (non-hydrogen) atoms. The lowest BCUT2D eigenvalue weighted by Gasteiger charge is -2.44. The minimum absolute atomic E-state index is 0.678. The molecular formula is C12H20. The van der Waals surface area contributed by atoms with Gasteiger partial charge in [-0.25, -0.2) is 0 Å². The van der Waals surface area contributed by atoms with Crippen LogP contribution < -0.4 is 0 Å². The number of hydrogen-bond donors (Lipinski definition) is 0. The average Bonchev–Trinajstić information content (AvgIpc) is 2.06. The summed E-state index contributed by atoms with van der Waals surface area (Å²) in [4.78, 5) is 0. The van der Waals surface area contributed by atoms with Gasteiger partial charge >= 0.3 is 0 Å². The number of hydrogen-bond acceptors (Lipinski definition) is 0. The molecule has 0 aromatic rings. The third-order valence-electron chi connectivity index (χ3n) is 4.02. The molecule has 68 valence electrons. The van der Waals surface area contributed by atoms with Crippen LogP contribution in [0.1, 0.15) is 52.4 Å². The van der Waals surface area contributed by atoms with E-state index in [4.69, 9.17) is 0 Å². The van der Waals surface area contributed by atoms with E-state index in [1.807, 2.05) is 0 Å². The molecule has 2 atom stereocenters. The molecule has 2 aliphatic rings. The Hall–Kier alpha value is -0.260. The molecule has 2 aliphatic carbocycles. The van der Waals surface area contributed by atoms with Gasteiger partial charge in [-0.15, -0.1) is 0 Å². The first-order valence-corrected chi connectivity index (χ1v) is 5.36. The first-order valence-electron chi connectivity index (χ1n) is 5.36. The molecule has 0 heterocycles. The lowest BCUT2D eigenvalue weighted by molar-refractivity contribution is 0.109. The zero-order valence-corrected chi connectivity index (χ0v) is 8.40. The zero-order chi connectivity index (χ0) is 8.60. The van der Waals surface area contributed by atoms with E-state index in [2.05, 4.69) is 19.9 Å². The molecular weight excluding hydrogens is 144 g/mol. The van der Waals surface area contributed by atoms with Crippen LogP contribution in [0, 0.1) is 11.3 Å². The summed E-state index contributed by atoms with van der Waals surface area (Å²) in [5.74, 6) is 1.01. The molecule has 0 aromatic heterocycles. The SMILES string of the molecule is CC1=CC[C@@]2(C)CCCC[C@H]2C1. The molecule has 0 heteroatoms. The van der Waals surface area contributed by atoms with Crippen molar-refractivity contribution in [2.24, 2.45) is 11.3 Å². The van der Waals surface area contributed by atoms with Crippen LogP contribution in [-0.4, -0.2) is 0 Å². The van der Waals surface area contributed by atoms with Gasteiger partial charge in [0.15, 0.2) is 0 Å². The minimum Gasteiger partial charge on any atom is -0.0850 e. The molecule has 0 spiro atoms. The maximum absolute atomic E-state index is 2.50. The van der Waals surface area contributed by atoms with E-state index in [9.17, 15) is 0 Å². The van der Waals surface area contributed by atoms with Gasteiger partial charge in [-0.05, 0) is 43.9 Å². The van der Waals surface area contributed by atoms with Gasteiger partial charge in [-0.1, -0.05) is 31.4 Å². The van der Waals surface area contributed by atoms with Gasteiger partial charge < -0.3 is 0 Å². The summed E-state index contributed by atoms with van der Waals surface area (Å²) in [7, 11) is 0. The Kier molecular flexibility index (Phi) is 2.02. The third-order valence-corrected chi connectivity index (χ3v) is 4.02. The fraction of sp³-hybridized carbons (Fsp3) is 0.833. The quantitative estimate of drug-likeness (QED) is 0.476. The van der Waals surface area contributed by atoms with Crippen LogP contribution in [0.5, 0.6) is 0 Å². The molecule has 0 N–H and O–H groups in total. The van der Waals surface area contributed by atoms with Crippen molar-refractivity contribution < 1.29 is 0 Å². The molecule has 0 aromatic carbocycles. The second-order valence-corrected chi connectivity index (χ2v) is 5.06. The summed E-state index contributed by atoms with van der Waals surface area (Å²) in [5, 5.41) is 0. The summed E-state index contributed by atoms with van der Waals surface area (Å²) in [6, 6.07) is 0. The highest BCUT2D eigenvalue weighted by Gasteiger charge is 2.37. The second kappa shape index (κ2) is 2.90. The molecule has 0 bridgehead atoms. The molecule has 0 amide bonds. The predicted octanol–water partition coefficient (Wildman–Crippen LogP) is 3.92. The molecule has 0 nitrogen and oxygen atoms in total. The second-order valence-electron chi connectivity index (χ2n) is 5.06. The van der Waals surface area contributed by atoms with Gasteiger partial charge in [0.05, 0.1) is 0 Å². The molecule has 1 fully saturated rings. The van der Waals surface area contributed by atoms with Crippen molar-refractivity contribution in [3.63, 3.8) is 0 Å². The summed E-state index contributed by atoms with van der Waals surface area (Å²) in [6.45, 7) is 4.80. The van der Waals surface area contributed by atoms with E-state index < -0.39 is 0 Å². The topological polar surface area (TPSA) is 0 Å². The summed E-state index contributed by atoms with van der Waals surface area (Å²) in [6.07, 6.45) is 11.1. The number of rotatable bonds is 0. The van der Waals surface area contributed by atoms with Crippen LogP contribution in [0.15, 0.2) is 11.6 Å². The van der Waals surface area contributed by atoms with Crippen molar-refractivity contribution in [2.45, 2.75) is 52.4 Å². The van der Waals surface area contributed by atoms with E-state index in [1.165, 1.54) is 38.5 Å². The lowest BCUT2D eigenvalue weighted by Crippen LogP contribution is -2.32.